The van der Waals surface area contributed by atoms with Gasteiger partial charge in [0.25, 0.3) is 0 Å². The van der Waals surface area contributed by atoms with E-state index < -0.39 is 35.0 Å². The Balaban J connectivity index is 1.79. The van der Waals surface area contributed by atoms with Crippen LogP contribution in [-0.2, 0) is 12.6 Å². The van der Waals surface area contributed by atoms with Gasteiger partial charge in [0.05, 0.1) is 12.6 Å². The van der Waals surface area contributed by atoms with E-state index in [0.29, 0.717) is 11.1 Å². The lowest BCUT2D eigenvalue weighted by Crippen LogP contribution is -2.46. The lowest BCUT2D eigenvalue weighted by Gasteiger charge is -2.37. The second-order valence-corrected chi connectivity index (χ2v) is 8.96. The molecule has 0 saturated carbocycles. The Hall–Kier alpha value is -3.76. The molecule has 0 fully saturated rings. The lowest BCUT2D eigenvalue weighted by atomic mass is 9.77. The zero-order chi connectivity index (χ0) is 27.3. The highest BCUT2D eigenvalue weighted by Gasteiger charge is 2.59. The molecular formula is C26H21ClF3NO6. The van der Waals surface area contributed by atoms with E-state index in [1.807, 2.05) is 0 Å². The Labute approximate surface area is 213 Å². The molecule has 4 rings (SSSR count). The summed E-state index contributed by atoms with van der Waals surface area (Å²) in [6.45, 7) is 1.21. The minimum Gasteiger partial charge on any atom is -0.496 e. The molecule has 0 aliphatic carbocycles. The molecule has 0 saturated heterocycles. The number of aryl methyl sites for hydroxylation is 1. The zero-order valence-electron chi connectivity index (χ0n) is 19.8. The Morgan fingerprint density at radius 2 is 1.73 bits per heavy atom. The first-order chi connectivity index (χ1) is 17.3. The third-order valence-corrected chi connectivity index (χ3v) is 6.85. The maximum atomic E-state index is 14.4. The number of fused-ring (bicyclic) bond motifs is 1. The molecule has 0 amide bonds. The Kier molecular flexibility index (Phi) is 6.60. The van der Waals surface area contributed by atoms with Gasteiger partial charge in [-0.05, 0) is 52.6 Å². The highest BCUT2D eigenvalue weighted by molar-refractivity contribution is 6.31. The first kappa shape index (κ1) is 26.3. The fraction of sp³-hybridized carbons (Fsp3) is 0.231. The summed E-state index contributed by atoms with van der Waals surface area (Å²) >= 11 is 6.43. The number of rotatable bonds is 6. The number of alkyl halides is 3. The summed E-state index contributed by atoms with van der Waals surface area (Å²) in [5.41, 5.74) is -2.65. The number of carboxylic acids is 1. The molecule has 3 aromatic carbocycles. The van der Waals surface area contributed by atoms with Gasteiger partial charge in [-0.1, -0.05) is 42.8 Å². The average Bonchev–Trinajstić information content (AvgIpc) is 3.14. The fourth-order valence-electron chi connectivity index (χ4n) is 4.35. The topological polar surface area (TPSA) is 102 Å². The number of aliphatic hydroxyl groups is 1. The number of aromatic carboxylic acids is 1. The van der Waals surface area contributed by atoms with Gasteiger partial charge >= 0.3 is 17.9 Å². The Morgan fingerprint density at radius 3 is 2.32 bits per heavy atom. The summed E-state index contributed by atoms with van der Waals surface area (Å²) in [4.78, 5) is 23.1. The van der Waals surface area contributed by atoms with Crippen LogP contribution in [0, 0.1) is 0 Å². The normalized spacial score (nSPS) is 14.4. The molecule has 0 spiro atoms. The van der Waals surface area contributed by atoms with Crippen LogP contribution in [0.2, 0.25) is 5.02 Å². The van der Waals surface area contributed by atoms with E-state index in [2.05, 4.69) is 0 Å². The smallest absolute Gasteiger partial charge is 0.422 e. The van der Waals surface area contributed by atoms with E-state index >= 15 is 0 Å². The predicted molar refractivity (Wildman–Crippen MR) is 130 cm³/mol. The van der Waals surface area contributed by atoms with Gasteiger partial charge in [-0.2, -0.15) is 13.2 Å². The molecule has 37 heavy (non-hydrogen) atoms. The Bertz CT molecular complexity index is 1580. The predicted octanol–water partition coefficient (Wildman–Crippen LogP) is 5.71. The highest BCUT2D eigenvalue weighted by atomic mass is 35.5. The average molecular weight is 536 g/mol. The minimum atomic E-state index is -5.11. The largest absolute Gasteiger partial charge is 0.496 e. The number of carbonyl (C=O) groups is 1. The molecule has 0 bridgehead atoms. The van der Waals surface area contributed by atoms with E-state index in [0.717, 1.165) is 16.7 Å². The summed E-state index contributed by atoms with van der Waals surface area (Å²) in [6.07, 6.45) is -5.11. The van der Waals surface area contributed by atoms with Crippen LogP contribution in [0.5, 0.6) is 5.75 Å². The van der Waals surface area contributed by atoms with Crippen LogP contribution in [0.1, 0.15) is 34.3 Å². The van der Waals surface area contributed by atoms with Gasteiger partial charge in [0.2, 0.25) is 0 Å². The van der Waals surface area contributed by atoms with Crippen LogP contribution in [0.25, 0.3) is 22.2 Å². The number of hydrogen-bond donors (Lipinski definition) is 2. The van der Waals surface area contributed by atoms with Gasteiger partial charge in [0.15, 0.2) is 11.2 Å². The molecule has 2 atom stereocenters. The van der Waals surface area contributed by atoms with Gasteiger partial charge in [-0.15, -0.1) is 0 Å². The quantitative estimate of drug-likeness (QED) is 0.328. The molecule has 1 heterocycles. The number of methoxy groups -OCH3 is 1. The summed E-state index contributed by atoms with van der Waals surface area (Å²) < 4.78 is 54.5. The second-order valence-electron chi connectivity index (χ2n) is 8.55. The SMILES string of the molecule is COc1cc(-c2ccc([C@@H](C)[C@@](O)(c3ccc4oc(=O)n(C)c4c3)C(F)(F)F)c(Cl)c2)ccc1C(=O)O. The number of aromatic nitrogens is 1. The number of carboxylic acid groups (broad SMARTS) is 1. The first-order valence-corrected chi connectivity index (χ1v) is 11.3. The summed E-state index contributed by atoms with van der Waals surface area (Å²) in [7, 11) is 2.67. The second kappa shape index (κ2) is 9.28. The van der Waals surface area contributed by atoms with Crippen molar-refractivity contribution in [2.24, 2.45) is 7.05 Å². The van der Waals surface area contributed by atoms with Crippen LogP contribution >= 0.6 is 11.6 Å². The molecule has 4 aromatic rings. The molecule has 0 aliphatic heterocycles. The maximum absolute atomic E-state index is 14.4. The first-order valence-electron chi connectivity index (χ1n) is 10.9. The minimum absolute atomic E-state index is 0.0283. The van der Waals surface area contributed by atoms with Crippen LogP contribution in [0.4, 0.5) is 13.2 Å². The van der Waals surface area contributed by atoms with Crippen molar-refractivity contribution in [2.75, 3.05) is 7.11 Å². The van der Waals surface area contributed by atoms with Crippen LogP contribution < -0.4 is 10.5 Å². The highest BCUT2D eigenvalue weighted by Crippen LogP contribution is 2.50. The molecule has 11 heteroatoms. The van der Waals surface area contributed by atoms with Crippen molar-refractivity contribution >= 4 is 28.7 Å². The number of benzene rings is 3. The zero-order valence-corrected chi connectivity index (χ0v) is 20.5. The molecule has 194 valence electrons. The summed E-state index contributed by atoms with van der Waals surface area (Å²) in [6, 6.07) is 12.0. The third-order valence-electron chi connectivity index (χ3n) is 6.52. The van der Waals surface area contributed by atoms with Crippen molar-refractivity contribution in [1.29, 1.82) is 0 Å². The van der Waals surface area contributed by atoms with Crippen molar-refractivity contribution in [2.45, 2.75) is 24.6 Å². The van der Waals surface area contributed by atoms with E-state index in [4.69, 9.17) is 20.8 Å². The summed E-state index contributed by atoms with van der Waals surface area (Å²) in [5.74, 6) is -3.37. The summed E-state index contributed by atoms with van der Waals surface area (Å²) in [5, 5.41) is 20.4. The number of hydrogen-bond acceptors (Lipinski definition) is 5. The van der Waals surface area contributed by atoms with Gasteiger partial charge < -0.3 is 19.4 Å². The van der Waals surface area contributed by atoms with E-state index in [-0.39, 0.29) is 33.0 Å². The Morgan fingerprint density at radius 1 is 1.08 bits per heavy atom. The number of halogens is 4. The molecule has 0 aliphatic rings. The number of oxazole rings is 1. The van der Waals surface area contributed by atoms with Gasteiger partial charge in [0, 0.05) is 18.0 Å². The number of ether oxygens (including phenoxy) is 1. The van der Waals surface area contributed by atoms with Gasteiger partial charge in [-0.3, -0.25) is 4.57 Å². The van der Waals surface area contributed by atoms with Crippen molar-refractivity contribution in [3.8, 4) is 16.9 Å². The molecule has 0 unspecified atom stereocenters. The molecule has 1 aromatic heterocycles. The van der Waals surface area contributed by atoms with Crippen molar-refractivity contribution in [3.05, 3.63) is 86.9 Å². The van der Waals surface area contributed by atoms with Crippen LogP contribution in [0.15, 0.2) is 63.8 Å². The van der Waals surface area contributed by atoms with Crippen LogP contribution in [0.3, 0.4) is 0 Å². The van der Waals surface area contributed by atoms with Crippen molar-refractivity contribution in [1.82, 2.24) is 4.57 Å². The molecule has 0 radical (unpaired) electrons. The van der Waals surface area contributed by atoms with E-state index in [1.165, 1.54) is 63.5 Å². The monoisotopic (exact) mass is 535 g/mol. The lowest BCUT2D eigenvalue weighted by molar-refractivity contribution is -0.274. The molecule has 7 nitrogen and oxygen atoms in total. The molecule has 2 N–H and O–H groups in total. The maximum Gasteiger partial charge on any atom is 0.422 e. The van der Waals surface area contributed by atoms with E-state index in [1.54, 1.807) is 0 Å². The van der Waals surface area contributed by atoms with Crippen molar-refractivity contribution < 1.29 is 37.3 Å². The third kappa shape index (κ3) is 4.36. The molecular weight excluding hydrogens is 515 g/mol. The van der Waals surface area contributed by atoms with Gasteiger partial charge in [0.1, 0.15) is 11.3 Å². The van der Waals surface area contributed by atoms with Crippen LogP contribution in [-0.4, -0.2) is 34.0 Å². The van der Waals surface area contributed by atoms with Gasteiger partial charge in [-0.25, -0.2) is 9.59 Å². The van der Waals surface area contributed by atoms with Crippen molar-refractivity contribution in [3.63, 3.8) is 0 Å². The standard InChI is InChI=1S/C26H21ClF3NO6/c1-13(25(35,26(28,29)30)16-6-9-21-20(12-16)31(2)24(34)37-21)17-7-4-14(10-19(17)27)15-5-8-18(23(32)33)22(11-15)36-3/h4-13,35H,1-3H3,(H,32,33)/t13-,25-/m1/s1. The van der Waals surface area contributed by atoms with E-state index in [9.17, 15) is 33.0 Å². The number of nitrogens with zero attached hydrogens (tertiary/aromatic N) is 1. The fourth-order valence-corrected chi connectivity index (χ4v) is 4.70.